The lowest BCUT2D eigenvalue weighted by atomic mass is 10.2. The molecule has 2 heterocycles. The Morgan fingerprint density at radius 2 is 2.07 bits per heavy atom. The van der Waals surface area contributed by atoms with E-state index in [-0.39, 0.29) is 18.2 Å². The van der Waals surface area contributed by atoms with Crippen molar-refractivity contribution in [1.82, 2.24) is 15.1 Å². The van der Waals surface area contributed by atoms with Crippen molar-refractivity contribution in [2.75, 3.05) is 11.9 Å². The molecule has 2 amide bonds. The van der Waals surface area contributed by atoms with E-state index in [0.29, 0.717) is 27.3 Å². The Morgan fingerprint density at radius 1 is 1.29 bits per heavy atom. The number of nitrogens with zero attached hydrogens (tertiary/aromatic N) is 3. The molecule has 0 bridgehead atoms. The summed E-state index contributed by atoms with van der Waals surface area (Å²) < 4.78 is 0.518. The highest BCUT2D eigenvalue weighted by Gasteiger charge is 2.31. The van der Waals surface area contributed by atoms with Gasteiger partial charge in [0.1, 0.15) is 9.33 Å². The molecule has 1 fully saturated rings. The number of aromatic nitrogens is 2. The van der Waals surface area contributed by atoms with Gasteiger partial charge in [0.15, 0.2) is 0 Å². The van der Waals surface area contributed by atoms with Gasteiger partial charge in [-0.1, -0.05) is 77.8 Å². The number of rotatable bonds is 7. The highest BCUT2D eigenvalue weighted by atomic mass is 32.2. The number of thiocarbonyl (C=S) groups is 1. The molecule has 2 aromatic rings. The van der Waals surface area contributed by atoms with Crippen LogP contribution in [0.1, 0.15) is 23.4 Å². The number of benzene rings is 1. The molecule has 1 aromatic heterocycles. The van der Waals surface area contributed by atoms with Crippen LogP contribution in [0, 0.1) is 6.92 Å². The predicted octanol–water partition coefficient (Wildman–Crippen LogP) is 4.02. The first kappa shape index (κ1) is 20.4. The number of hydrogen-bond acceptors (Lipinski definition) is 7. The van der Waals surface area contributed by atoms with Gasteiger partial charge in [0, 0.05) is 13.0 Å². The average molecular weight is 431 g/mol. The number of nitrogens with one attached hydrogen (secondary N) is 1. The number of hydrogen-bond donors (Lipinski definition) is 1. The Hall–Kier alpha value is -2.36. The van der Waals surface area contributed by atoms with E-state index in [1.165, 1.54) is 23.1 Å². The highest BCUT2D eigenvalue weighted by molar-refractivity contribution is 8.26. The smallest absolute Gasteiger partial charge is 0.266 e. The highest BCUT2D eigenvalue weighted by Crippen LogP contribution is 2.31. The molecular formula is C19H18N4O2S3. The van der Waals surface area contributed by atoms with Gasteiger partial charge < -0.3 is 5.32 Å². The Morgan fingerprint density at radius 3 is 2.79 bits per heavy atom. The molecule has 0 saturated carbocycles. The standard InChI is InChI=1S/C19H18N4O2S3/c1-13-21-22-18(27-13)20-16(24)11-6-12-23-17(25)15(28-19(23)26)10-5-9-14-7-3-2-4-8-14/h2-5,7-10H,6,11-12H2,1H3,(H,20,22,24)/b9-5+,15-10-. The zero-order valence-corrected chi connectivity index (χ0v) is 17.6. The zero-order chi connectivity index (χ0) is 19.9. The monoisotopic (exact) mass is 430 g/mol. The lowest BCUT2D eigenvalue weighted by Gasteiger charge is -2.13. The summed E-state index contributed by atoms with van der Waals surface area (Å²) in [6.45, 7) is 2.23. The summed E-state index contributed by atoms with van der Waals surface area (Å²) >= 11 is 7.92. The fourth-order valence-corrected chi connectivity index (χ4v) is 4.31. The van der Waals surface area contributed by atoms with Crippen molar-refractivity contribution in [1.29, 1.82) is 0 Å². The van der Waals surface area contributed by atoms with E-state index < -0.39 is 0 Å². The van der Waals surface area contributed by atoms with Crippen molar-refractivity contribution in [3.8, 4) is 0 Å². The maximum Gasteiger partial charge on any atom is 0.266 e. The second-order valence-corrected chi connectivity index (χ2v) is 8.76. The van der Waals surface area contributed by atoms with Crippen LogP contribution in [0.5, 0.6) is 0 Å². The molecule has 3 rings (SSSR count). The SMILES string of the molecule is Cc1nnc(NC(=O)CCCN2C(=O)/C(=C/C=C/c3ccccc3)SC2=S)s1. The Labute approximate surface area is 176 Å². The summed E-state index contributed by atoms with van der Waals surface area (Å²) in [6.07, 6.45) is 6.36. The summed E-state index contributed by atoms with van der Waals surface area (Å²) in [6, 6.07) is 9.86. The summed E-state index contributed by atoms with van der Waals surface area (Å²) in [7, 11) is 0. The number of aryl methyl sites for hydroxylation is 1. The van der Waals surface area contributed by atoms with E-state index >= 15 is 0 Å². The lowest BCUT2D eigenvalue weighted by Crippen LogP contribution is -2.29. The van der Waals surface area contributed by atoms with Gasteiger partial charge in [-0.25, -0.2) is 0 Å². The van der Waals surface area contributed by atoms with Gasteiger partial charge in [-0.3, -0.25) is 14.5 Å². The summed E-state index contributed by atoms with van der Waals surface area (Å²) in [5.41, 5.74) is 1.06. The molecule has 0 aliphatic carbocycles. The number of thioether (sulfide) groups is 1. The van der Waals surface area contributed by atoms with Crippen molar-refractivity contribution in [3.63, 3.8) is 0 Å². The molecule has 9 heteroatoms. The molecule has 1 saturated heterocycles. The van der Waals surface area contributed by atoms with Crippen LogP contribution < -0.4 is 5.32 Å². The second-order valence-electron chi connectivity index (χ2n) is 5.90. The number of carbonyl (C=O) groups excluding carboxylic acids is 2. The largest absolute Gasteiger partial charge is 0.301 e. The first-order chi connectivity index (χ1) is 13.5. The van der Waals surface area contributed by atoms with Crippen molar-refractivity contribution in [2.45, 2.75) is 19.8 Å². The molecule has 1 N–H and O–H groups in total. The maximum atomic E-state index is 12.5. The molecule has 0 unspecified atom stereocenters. The Balaban J connectivity index is 1.48. The molecule has 144 valence electrons. The van der Waals surface area contributed by atoms with Crippen LogP contribution in [0.3, 0.4) is 0 Å². The maximum absolute atomic E-state index is 12.5. The molecular weight excluding hydrogens is 412 g/mol. The van der Waals surface area contributed by atoms with Crippen LogP contribution in [0.15, 0.2) is 47.4 Å². The summed E-state index contributed by atoms with van der Waals surface area (Å²) in [4.78, 5) is 26.6. The fourth-order valence-electron chi connectivity index (χ4n) is 2.44. The van der Waals surface area contributed by atoms with Crippen LogP contribution in [0.4, 0.5) is 5.13 Å². The van der Waals surface area contributed by atoms with Crippen LogP contribution >= 0.6 is 35.3 Å². The number of anilines is 1. The van der Waals surface area contributed by atoms with Crippen LogP contribution in [-0.2, 0) is 9.59 Å². The van der Waals surface area contributed by atoms with Crippen molar-refractivity contribution >= 4 is 62.7 Å². The average Bonchev–Trinajstić information content (AvgIpc) is 3.20. The van der Waals surface area contributed by atoms with Crippen LogP contribution in [0.25, 0.3) is 6.08 Å². The van der Waals surface area contributed by atoms with Gasteiger partial charge in [-0.2, -0.15) is 0 Å². The molecule has 28 heavy (non-hydrogen) atoms. The van der Waals surface area contributed by atoms with Crippen LogP contribution in [0.2, 0.25) is 0 Å². The van der Waals surface area contributed by atoms with E-state index in [4.69, 9.17) is 12.2 Å². The summed E-state index contributed by atoms with van der Waals surface area (Å²) in [5.74, 6) is -0.268. The normalized spacial score (nSPS) is 15.8. The van der Waals surface area contributed by atoms with Gasteiger partial charge in [-0.15, -0.1) is 10.2 Å². The molecule has 1 aromatic carbocycles. The first-order valence-corrected chi connectivity index (χ1v) is 10.6. The molecule has 0 spiro atoms. The van der Waals surface area contributed by atoms with Gasteiger partial charge in [0.2, 0.25) is 11.0 Å². The third-order valence-electron chi connectivity index (χ3n) is 3.77. The summed E-state index contributed by atoms with van der Waals surface area (Å²) in [5, 5.41) is 11.7. The van der Waals surface area contributed by atoms with Crippen molar-refractivity contribution in [2.24, 2.45) is 0 Å². The Kier molecular flexibility index (Phi) is 7.07. The molecule has 0 radical (unpaired) electrons. The van der Waals surface area contributed by atoms with Crippen molar-refractivity contribution < 1.29 is 9.59 Å². The molecule has 1 aliphatic rings. The minimum absolute atomic E-state index is 0.118. The van der Waals surface area contributed by atoms with Gasteiger partial charge >= 0.3 is 0 Å². The van der Waals surface area contributed by atoms with E-state index in [9.17, 15) is 9.59 Å². The quantitative estimate of drug-likeness (QED) is 0.528. The third kappa shape index (κ3) is 5.57. The van der Waals surface area contributed by atoms with E-state index in [2.05, 4.69) is 15.5 Å². The third-order valence-corrected chi connectivity index (χ3v) is 5.92. The van der Waals surface area contributed by atoms with Crippen molar-refractivity contribution in [3.05, 3.63) is 58.0 Å². The van der Waals surface area contributed by atoms with Gasteiger partial charge in [0.25, 0.3) is 5.91 Å². The number of allylic oxidation sites excluding steroid dienone is 2. The topological polar surface area (TPSA) is 75.2 Å². The zero-order valence-electron chi connectivity index (χ0n) is 15.1. The number of amides is 2. The van der Waals surface area contributed by atoms with Gasteiger partial charge in [-0.05, 0) is 25.0 Å². The second kappa shape index (κ2) is 9.72. The van der Waals surface area contributed by atoms with E-state index in [1.54, 1.807) is 11.0 Å². The minimum Gasteiger partial charge on any atom is -0.301 e. The van der Waals surface area contributed by atoms with E-state index in [1.807, 2.05) is 49.4 Å². The minimum atomic E-state index is -0.150. The fraction of sp³-hybridized carbons (Fsp3) is 0.211. The number of carbonyl (C=O) groups is 2. The predicted molar refractivity (Wildman–Crippen MR) is 118 cm³/mol. The lowest BCUT2D eigenvalue weighted by molar-refractivity contribution is -0.122. The first-order valence-electron chi connectivity index (χ1n) is 8.60. The molecule has 1 aliphatic heterocycles. The van der Waals surface area contributed by atoms with Crippen LogP contribution in [-0.4, -0.2) is 37.8 Å². The molecule has 6 nitrogen and oxygen atoms in total. The van der Waals surface area contributed by atoms with Gasteiger partial charge in [0.05, 0.1) is 4.91 Å². The molecule has 0 atom stereocenters. The van der Waals surface area contributed by atoms with E-state index in [0.717, 1.165) is 10.6 Å². The Bertz CT molecular complexity index is 938.